The molecule has 1 aromatic carbocycles. The molecule has 1 unspecified atom stereocenters. The fourth-order valence-electron chi connectivity index (χ4n) is 3.25. The Balaban J connectivity index is 1.58. The number of aryl methyl sites for hydroxylation is 1. The number of fused-ring (bicyclic) bond motifs is 1. The quantitative estimate of drug-likeness (QED) is 0.680. The molecular formula is C20H24N6O3. The largest absolute Gasteiger partial charge is 0.494 e. The lowest BCUT2D eigenvalue weighted by atomic mass is 10.2. The number of nitrogens with zero attached hydrogens (tertiary/aromatic N) is 5. The van der Waals surface area contributed by atoms with Crippen LogP contribution < -0.4 is 19.7 Å². The van der Waals surface area contributed by atoms with Crippen LogP contribution in [0.2, 0.25) is 0 Å². The second kappa shape index (κ2) is 7.96. The van der Waals surface area contributed by atoms with E-state index in [1.54, 1.807) is 26.7 Å². The van der Waals surface area contributed by atoms with Gasteiger partial charge in [-0.15, -0.1) is 0 Å². The van der Waals surface area contributed by atoms with Crippen molar-refractivity contribution in [3.05, 3.63) is 42.6 Å². The van der Waals surface area contributed by atoms with Crippen LogP contribution >= 0.6 is 0 Å². The van der Waals surface area contributed by atoms with Gasteiger partial charge in [0.1, 0.15) is 12.4 Å². The maximum atomic E-state index is 5.76. The molecule has 0 bridgehead atoms. The highest BCUT2D eigenvalue weighted by molar-refractivity contribution is 5.64. The van der Waals surface area contributed by atoms with E-state index < -0.39 is 0 Å². The molecule has 0 fully saturated rings. The van der Waals surface area contributed by atoms with Crippen molar-refractivity contribution in [2.45, 2.75) is 13.0 Å². The molecule has 0 saturated heterocycles. The van der Waals surface area contributed by atoms with Crippen LogP contribution in [0.4, 0.5) is 17.5 Å². The molecule has 1 atom stereocenters. The summed E-state index contributed by atoms with van der Waals surface area (Å²) in [6.07, 6.45) is 5.40. The van der Waals surface area contributed by atoms with E-state index >= 15 is 0 Å². The van der Waals surface area contributed by atoms with Gasteiger partial charge < -0.3 is 29.0 Å². The van der Waals surface area contributed by atoms with Crippen molar-refractivity contribution < 1.29 is 14.2 Å². The summed E-state index contributed by atoms with van der Waals surface area (Å²) < 4.78 is 18.5. The van der Waals surface area contributed by atoms with Gasteiger partial charge in [0.25, 0.3) is 0 Å². The molecular weight excluding hydrogens is 372 g/mol. The molecule has 3 heterocycles. The highest BCUT2D eigenvalue weighted by atomic mass is 16.5. The van der Waals surface area contributed by atoms with Crippen molar-refractivity contribution in [1.29, 1.82) is 0 Å². The third-order valence-corrected chi connectivity index (χ3v) is 4.83. The van der Waals surface area contributed by atoms with E-state index in [4.69, 9.17) is 14.2 Å². The molecule has 0 radical (unpaired) electrons. The molecule has 152 valence electrons. The molecule has 2 aromatic heterocycles. The summed E-state index contributed by atoms with van der Waals surface area (Å²) in [4.78, 5) is 15.3. The molecule has 0 saturated carbocycles. The fourth-order valence-corrected chi connectivity index (χ4v) is 3.25. The van der Waals surface area contributed by atoms with Crippen LogP contribution in [0.15, 0.2) is 36.9 Å². The number of anilines is 3. The van der Waals surface area contributed by atoms with Crippen LogP contribution in [0.3, 0.4) is 0 Å². The molecule has 29 heavy (non-hydrogen) atoms. The first-order valence-corrected chi connectivity index (χ1v) is 9.26. The Kier molecular flexibility index (Phi) is 5.22. The zero-order chi connectivity index (χ0) is 20.4. The Morgan fingerprint density at radius 1 is 1.28 bits per heavy atom. The number of rotatable bonds is 6. The first-order chi connectivity index (χ1) is 14.1. The van der Waals surface area contributed by atoms with Gasteiger partial charge in [-0.1, -0.05) is 0 Å². The zero-order valence-electron chi connectivity index (χ0n) is 16.9. The lowest BCUT2D eigenvalue weighted by Gasteiger charge is -2.34. The van der Waals surface area contributed by atoms with Crippen molar-refractivity contribution in [3.8, 4) is 17.2 Å². The molecule has 1 N–H and O–H groups in total. The minimum atomic E-state index is 0.105. The van der Waals surface area contributed by atoms with Crippen molar-refractivity contribution in [2.75, 3.05) is 44.7 Å². The summed E-state index contributed by atoms with van der Waals surface area (Å²) in [6.45, 7) is 3.05. The maximum Gasteiger partial charge on any atom is 0.229 e. The number of likely N-dealkylation sites (N-methyl/N-ethyl adjacent to an activating group) is 1. The van der Waals surface area contributed by atoms with Crippen molar-refractivity contribution in [1.82, 2.24) is 19.5 Å². The van der Waals surface area contributed by atoms with E-state index in [1.807, 2.05) is 42.9 Å². The first-order valence-electron chi connectivity index (χ1n) is 9.26. The minimum absolute atomic E-state index is 0.105. The standard InChI is InChI=1S/C20H24N6O3/c1-13-9-26(12-22-13)16-6-5-14(7-17(16)28-4)23-20-21-8-18-19(24-20)25(2)15(10-27-3)11-29-18/h5-9,12,15H,10-11H2,1-4H3,(H,21,23,24). The van der Waals surface area contributed by atoms with E-state index in [0.29, 0.717) is 30.7 Å². The molecule has 0 amide bonds. The average Bonchev–Trinajstić information content (AvgIpc) is 3.16. The predicted octanol–water partition coefficient (Wildman–Crippen LogP) is 2.57. The van der Waals surface area contributed by atoms with Gasteiger partial charge in [0.2, 0.25) is 5.95 Å². The van der Waals surface area contributed by atoms with Crippen LogP contribution in [0.1, 0.15) is 5.69 Å². The Hall–Kier alpha value is -3.33. The second-order valence-electron chi connectivity index (χ2n) is 6.85. The van der Waals surface area contributed by atoms with Gasteiger partial charge in [-0.05, 0) is 19.1 Å². The van der Waals surface area contributed by atoms with Gasteiger partial charge in [-0.3, -0.25) is 0 Å². The number of ether oxygens (including phenoxy) is 3. The summed E-state index contributed by atoms with van der Waals surface area (Å²) in [6, 6.07) is 5.92. The van der Waals surface area contributed by atoms with Crippen LogP contribution in [0, 0.1) is 6.92 Å². The van der Waals surface area contributed by atoms with Gasteiger partial charge in [-0.25, -0.2) is 9.97 Å². The molecule has 4 rings (SSSR count). The molecule has 9 heteroatoms. The molecule has 1 aliphatic heterocycles. The number of benzene rings is 1. The van der Waals surface area contributed by atoms with Crippen LogP contribution in [0.5, 0.6) is 11.5 Å². The smallest absolute Gasteiger partial charge is 0.229 e. The predicted molar refractivity (Wildman–Crippen MR) is 110 cm³/mol. The number of imidazole rings is 1. The Morgan fingerprint density at radius 2 is 2.14 bits per heavy atom. The number of nitrogens with one attached hydrogen (secondary N) is 1. The SMILES string of the molecule is COCC1COc2cnc(Nc3ccc(-n4cnc(C)c4)c(OC)c3)nc2N1C. The van der Waals surface area contributed by atoms with E-state index in [1.165, 1.54) is 0 Å². The number of methoxy groups -OCH3 is 2. The monoisotopic (exact) mass is 396 g/mol. The third-order valence-electron chi connectivity index (χ3n) is 4.83. The number of hydrogen-bond donors (Lipinski definition) is 1. The minimum Gasteiger partial charge on any atom is -0.494 e. The number of aromatic nitrogens is 4. The highest BCUT2D eigenvalue weighted by Crippen LogP contribution is 2.32. The summed E-state index contributed by atoms with van der Waals surface area (Å²) in [7, 11) is 5.30. The summed E-state index contributed by atoms with van der Waals surface area (Å²) in [5.74, 6) is 2.58. The van der Waals surface area contributed by atoms with E-state index in [2.05, 4.69) is 25.2 Å². The van der Waals surface area contributed by atoms with Gasteiger partial charge in [-0.2, -0.15) is 4.98 Å². The van der Waals surface area contributed by atoms with Gasteiger partial charge in [0.05, 0.1) is 43.7 Å². The normalized spacial score (nSPS) is 15.6. The summed E-state index contributed by atoms with van der Waals surface area (Å²) in [5, 5.41) is 3.24. The van der Waals surface area contributed by atoms with Crippen LogP contribution in [-0.4, -0.2) is 60.0 Å². The molecule has 1 aliphatic rings. The molecule has 3 aromatic rings. The first kappa shape index (κ1) is 19.0. The van der Waals surface area contributed by atoms with Crippen LogP contribution in [-0.2, 0) is 4.74 Å². The second-order valence-corrected chi connectivity index (χ2v) is 6.85. The maximum absolute atomic E-state index is 5.76. The van der Waals surface area contributed by atoms with Crippen molar-refractivity contribution in [3.63, 3.8) is 0 Å². The average molecular weight is 396 g/mol. The topological polar surface area (TPSA) is 86.6 Å². The van der Waals surface area contributed by atoms with Crippen molar-refractivity contribution in [2.24, 2.45) is 0 Å². The van der Waals surface area contributed by atoms with Gasteiger partial charge in [0, 0.05) is 32.1 Å². The van der Waals surface area contributed by atoms with Gasteiger partial charge in [0.15, 0.2) is 11.6 Å². The lowest BCUT2D eigenvalue weighted by Crippen LogP contribution is -2.44. The summed E-state index contributed by atoms with van der Waals surface area (Å²) in [5.41, 5.74) is 2.66. The third kappa shape index (κ3) is 3.81. The van der Waals surface area contributed by atoms with Gasteiger partial charge >= 0.3 is 0 Å². The van der Waals surface area contributed by atoms with E-state index in [9.17, 15) is 0 Å². The van der Waals surface area contributed by atoms with Crippen molar-refractivity contribution >= 4 is 17.5 Å². The van der Waals surface area contributed by atoms with E-state index in [0.717, 1.165) is 22.9 Å². The number of hydrogen-bond acceptors (Lipinski definition) is 8. The Labute approximate surface area is 169 Å². The molecule has 9 nitrogen and oxygen atoms in total. The fraction of sp³-hybridized carbons (Fsp3) is 0.350. The summed E-state index contributed by atoms with van der Waals surface area (Å²) >= 11 is 0. The lowest BCUT2D eigenvalue weighted by molar-refractivity contribution is 0.142. The van der Waals surface area contributed by atoms with Crippen LogP contribution in [0.25, 0.3) is 5.69 Å². The zero-order valence-corrected chi connectivity index (χ0v) is 16.9. The molecule has 0 spiro atoms. The van der Waals surface area contributed by atoms with E-state index in [-0.39, 0.29) is 6.04 Å². The Bertz CT molecular complexity index is 1010. The molecule has 0 aliphatic carbocycles. The Morgan fingerprint density at radius 3 is 2.86 bits per heavy atom. The highest BCUT2D eigenvalue weighted by Gasteiger charge is 2.26.